The largest absolute Gasteiger partial charge is 0.505 e. The number of ether oxygens (including phenoxy) is 1. The normalized spacial score (nSPS) is 11.4. The number of aromatic hydroxyl groups is 1. The van der Waals surface area contributed by atoms with Gasteiger partial charge in [0.25, 0.3) is 0 Å². The molecule has 0 heterocycles. The highest BCUT2D eigenvalue weighted by Gasteiger charge is 2.19. The van der Waals surface area contributed by atoms with Crippen LogP contribution in [0.5, 0.6) is 11.5 Å². The lowest BCUT2D eigenvalue weighted by Gasteiger charge is -2.14. The van der Waals surface area contributed by atoms with Gasteiger partial charge in [0.1, 0.15) is 17.2 Å². The SMILES string of the molecule is C=CC(=O)Oc1c(C)c(O)c(N=Nc2cccc3cc4ccccc4cc23)c2ccccc12. The maximum Gasteiger partial charge on any atom is 0.335 e. The van der Waals surface area contributed by atoms with E-state index in [1.807, 2.05) is 54.6 Å². The van der Waals surface area contributed by atoms with Crippen LogP contribution in [0.25, 0.3) is 32.3 Å². The van der Waals surface area contributed by atoms with E-state index in [0.29, 0.717) is 27.7 Å². The van der Waals surface area contributed by atoms with Crippen LogP contribution in [-0.2, 0) is 4.79 Å². The summed E-state index contributed by atoms with van der Waals surface area (Å²) in [6.45, 7) is 5.12. The molecule has 0 aliphatic rings. The van der Waals surface area contributed by atoms with Crippen LogP contribution in [0.1, 0.15) is 5.56 Å². The van der Waals surface area contributed by atoms with E-state index < -0.39 is 5.97 Å². The molecule has 0 spiro atoms. The summed E-state index contributed by atoms with van der Waals surface area (Å²) in [5.74, 6) is -0.404. The maximum atomic E-state index is 11.8. The molecule has 5 rings (SSSR count). The van der Waals surface area contributed by atoms with Gasteiger partial charge >= 0.3 is 5.97 Å². The Balaban J connectivity index is 1.68. The van der Waals surface area contributed by atoms with Gasteiger partial charge in [-0.2, -0.15) is 0 Å². The zero-order chi connectivity index (χ0) is 22.9. The molecule has 0 unspecified atom stereocenters. The molecule has 160 valence electrons. The summed E-state index contributed by atoms with van der Waals surface area (Å²) in [5, 5.41) is 25.5. The second kappa shape index (κ2) is 8.20. The molecule has 5 nitrogen and oxygen atoms in total. The Morgan fingerprint density at radius 3 is 2.27 bits per heavy atom. The summed E-state index contributed by atoms with van der Waals surface area (Å²) in [6, 6.07) is 25.6. The molecule has 0 amide bonds. The third-order valence-corrected chi connectivity index (χ3v) is 5.70. The van der Waals surface area contributed by atoms with Gasteiger partial charge in [0.05, 0.1) is 5.69 Å². The van der Waals surface area contributed by atoms with Gasteiger partial charge < -0.3 is 9.84 Å². The first-order valence-corrected chi connectivity index (χ1v) is 10.5. The van der Waals surface area contributed by atoms with Gasteiger partial charge in [0.15, 0.2) is 0 Å². The third kappa shape index (κ3) is 3.59. The molecule has 5 heteroatoms. The van der Waals surface area contributed by atoms with Crippen LogP contribution in [0.2, 0.25) is 0 Å². The molecule has 5 aromatic carbocycles. The van der Waals surface area contributed by atoms with E-state index in [9.17, 15) is 9.90 Å². The number of hydrogen-bond acceptors (Lipinski definition) is 5. The lowest BCUT2D eigenvalue weighted by molar-refractivity contribution is -0.128. The number of carbonyl (C=O) groups is 1. The van der Waals surface area contributed by atoms with E-state index in [4.69, 9.17) is 4.74 Å². The van der Waals surface area contributed by atoms with Crippen molar-refractivity contribution in [2.24, 2.45) is 10.2 Å². The van der Waals surface area contributed by atoms with Crippen LogP contribution in [0.4, 0.5) is 11.4 Å². The second-order valence-electron chi connectivity index (χ2n) is 7.72. The highest BCUT2D eigenvalue weighted by Crippen LogP contribution is 2.45. The summed E-state index contributed by atoms with van der Waals surface area (Å²) < 4.78 is 5.42. The molecule has 0 aromatic heterocycles. The number of rotatable bonds is 4. The average Bonchev–Trinajstić information content (AvgIpc) is 2.85. The van der Waals surface area contributed by atoms with Crippen LogP contribution in [0, 0.1) is 6.92 Å². The summed E-state index contributed by atoms with van der Waals surface area (Å²) in [4.78, 5) is 11.8. The number of benzene rings is 5. The van der Waals surface area contributed by atoms with E-state index in [0.717, 1.165) is 27.6 Å². The van der Waals surface area contributed by atoms with Crippen molar-refractivity contribution >= 4 is 49.7 Å². The van der Waals surface area contributed by atoms with Crippen molar-refractivity contribution < 1.29 is 14.6 Å². The molecule has 0 radical (unpaired) electrons. The Bertz CT molecular complexity index is 1600. The second-order valence-corrected chi connectivity index (χ2v) is 7.72. The Kier molecular flexibility index (Phi) is 5.07. The first-order valence-electron chi connectivity index (χ1n) is 10.5. The minimum atomic E-state index is -0.597. The number of nitrogens with zero attached hydrogens (tertiary/aromatic N) is 2. The maximum absolute atomic E-state index is 11.8. The number of hydrogen-bond donors (Lipinski definition) is 1. The fourth-order valence-electron chi connectivity index (χ4n) is 4.02. The van der Waals surface area contributed by atoms with Crippen molar-refractivity contribution in [3.63, 3.8) is 0 Å². The van der Waals surface area contributed by atoms with Crippen molar-refractivity contribution in [3.8, 4) is 11.5 Å². The van der Waals surface area contributed by atoms with E-state index in [-0.39, 0.29) is 11.5 Å². The van der Waals surface area contributed by atoms with Crippen LogP contribution in [-0.4, -0.2) is 11.1 Å². The fourth-order valence-corrected chi connectivity index (χ4v) is 4.02. The topological polar surface area (TPSA) is 71.2 Å². The highest BCUT2D eigenvalue weighted by molar-refractivity contribution is 6.04. The molecule has 0 bridgehead atoms. The standard InChI is InChI=1S/C28H20N2O3/c1-3-25(31)33-28-17(2)27(32)26(21-12-6-7-13-22(21)28)30-29-24-14-8-11-20-15-18-9-4-5-10-19(18)16-23(20)24/h3-16,32H,1H2,2H3. The van der Waals surface area contributed by atoms with Gasteiger partial charge in [-0.25, -0.2) is 4.79 Å². The molecular formula is C28H20N2O3. The molecule has 1 N–H and O–H groups in total. The monoisotopic (exact) mass is 432 g/mol. The average molecular weight is 432 g/mol. The van der Waals surface area contributed by atoms with Gasteiger partial charge in [-0.3, -0.25) is 0 Å². The van der Waals surface area contributed by atoms with Crippen molar-refractivity contribution in [1.29, 1.82) is 0 Å². The Labute approximate surface area is 190 Å². The van der Waals surface area contributed by atoms with Gasteiger partial charge in [-0.1, -0.05) is 67.2 Å². The Morgan fingerprint density at radius 1 is 0.848 bits per heavy atom. The summed E-state index contributed by atoms with van der Waals surface area (Å²) in [6.07, 6.45) is 1.09. The molecule has 5 aromatic rings. The predicted molar refractivity (Wildman–Crippen MR) is 132 cm³/mol. The number of azo groups is 1. The van der Waals surface area contributed by atoms with E-state index in [2.05, 4.69) is 41.1 Å². The van der Waals surface area contributed by atoms with Crippen molar-refractivity contribution in [1.82, 2.24) is 0 Å². The number of esters is 1. The summed E-state index contributed by atoms with van der Waals surface area (Å²) >= 11 is 0. The fraction of sp³-hybridized carbons (Fsp3) is 0.0357. The van der Waals surface area contributed by atoms with Gasteiger partial charge in [-0.15, -0.1) is 10.2 Å². The van der Waals surface area contributed by atoms with Gasteiger partial charge in [0, 0.05) is 27.8 Å². The van der Waals surface area contributed by atoms with Crippen LogP contribution >= 0.6 is 0 Å². The van der Waals surface area contributed by atoms with E-state index in [1.165, 1.54) is 0 Å². The van der Waals surface area contributed by atoms with E-state index in [1.54, 1.807) is 6.92 Å². The molecule has 0 aliphatic heterocycles. The van der Waals surface area contributed by atoms with Crippen LogP contribution in [0.3, 0.4) is 0 Å². The molecule has 0 saturated heterocycles. The minimum Gasteiger partial charge on any atom is -0.505 e. The van der Waals surface area contributed by atoms with Crippen LogP contribution < -0.4 is 4.74 Å². The lowest BCUT2D eigenvalue weighted by atomic mass is 10.0. The molecule has 0 saturated carbocycles. The van der Waals surface area contributed by atoms with Crippen molar-refractivity contribution in [2.45, 2.75) is 6.92 Å². The molecule has 0 aliphatic carbocycles. The zero-order valence-electron chi connectivity index (χ0n) is 17.9. The Hall–Kier alpha value is -4.51. The zero-order valence-corrected chi connectivity index (χ0v) is 17.9. The minimum absolute atomic E-state index is 0.0880. The van der Waals surface area contributed by atoms with Gasteiger partial charge in [0.2, 0.25) is 0 Å². The quantitative estimate of drug-likeness (QED) is 0.104. The lowest BCUT2D eigenvalue weighted by Crippen LogP contribution is -2.05. The highest BCUT2D eigenvalue weighted by atomic mass is 16.5. The summed E-state index contributed by atoms with van der Waals surface area (Å²) in [7, 11) is 0. The number of phenols is 1. The predicted octanol–water partition coefficient (Wildman–Crippen LogP) is 7.67. The molecular weight excluding hydrogens is 412 g/mol. The molecule has 0 atom stereocenters. The molecule has 0 fully saturated rings. The smallest absolute Gasteiger partial charge is 0.335 e. The molecule has 33 heavy (non-hydrogen) atoms. The van der Waals surface area contributed by atoms with E-state index >= 15 is 0 Å². The van der Waals surface area contributed by atoms with Crippen LogP contribution in [0.15, 0.2) is 102 Å². The number of fused-ring (bicyclic) bond motifs is 3. The van der Waals surface area contributed by atoms with Gasteiger partial charge in [-0.05, 0) is 41.3 Å². The van der Waals surface area contributed by atoms with Crippen molar-refractivity contribution in [2.75, 3.05) is 0 Å². The van der Waals surface area contributed by atoms with Crippen molar-refractivity contribution in [3.05, 3.63) is 97.1 Å². The first-order chi connectivity index (χ1) is 16.1. The number of phenolic OH excluding ortho intramolecular Hbond substituents is 1. The number of carbonyl (C=O) groups excluding carboxylic acids is 1. The third-order valence-electron chi connectivity index (χ3n) is 5.70. The first kappa shape index (κ1) is 20.4. The Morgan fingerprint density at radius 2 is 1.52 bits per heavy atom. The summed E-state index contributed by atoms with van der Waals surface area (Å²) in [5.41, 5.74) is 1.42.